The van der Waals surface area contributed by atoms with Gasteiger partial charge in [-0.25, -0.2) is 9.97 Å². The molecule has 1 aromatic heterocycles. The Kier molecular flexibility index (Phi) is 5.63. The van der Waals surface area contributed by atoms with E-state index in [0.717, 1.165) is 24.4 Å². The molecule has 0 saturated carbocycles. The number of ether oxygens (including phenoxy) is 1. The van der Waals surface area contributed by atoms with E-state index < -0.39 is 0 Å². The minimum absolute atomic E-state index is 0.301. The van der Waals surface area contributed by atoms with Crippen LogP contribution in [0, 0.1) is 0 Å². The van der Waals surface area contributed by atoms with Gasteiger partial charge in [-0.15, -0.1) is 6.58 Å². The molecule has 2 N–H and O–H groups in total. The highest BCUT2D eigenvalue weighted by Gasteiger charge is 2.09. The highest BCUT2D eigenvalue weighted by atomic mass is 16.5. The fourth-order valence-corrected chi connectivity index (χ4v) is 1.38. The second-order valence-corrected chi connectivity index (χ2v) is 4.18. The van der Waals surface area contributed by atoms with Crippen molar-refractivity contribution in [3.05, 3.63) is 30.4 Å². The molecule has 0 saturated heterocycles. The molecule has 0 unspecified atom stereocenters. The fraction of sp³-hybridized carbons (Fsp3) is 0.538. The highest BCUT2D eigenvalue weighted by Crippen LogP contribution is 2.18. The second-order valence-electron chi connectivity index (χ2n) is 4.18. The van der Waals surface area contributed by atoms with E-state index in [1.54, 1.807) is 6.20 Å². The van der Waals surface area contributed by atoms with E-state index in [0.29, 0.717) is 24.8 Å². The Morgan fingerprint density at radius 2 is 2.29 bits per heavy atom. The van der Waals surface area contributed by atoms with Gasteiger partial charge in [0.05, 0.1) is 18.5 Å². The fourth-order valence-electron chi connectivity index (χ4n) is 1.38. The summed E-state index contributed by atoms with van der Waals surface area (Å²) < 4.78 is 5.61. The SMILES string of the molecule is C=CCCCOc1cnc(C(C)C)nc1CN. The molecule has 0 aliphatic rings. The van der Waals surface area contributed by atoms with E-state index in [1.807, 2.05) is 6.08 Å². The van der Waals surface area contributed by atoms with Crippen molar-refractivity contribution >= 4 is 0 Å². The number of nitrogens with zero attached hydrogens (tertiary/aromatic N) is 2. The molecule has 0 radical (unpaired) electrons. The molecule has 1 aromatic rings. The predicted octanol–water partition coefficient (Wildman–Crippen LogP) is 2.40. The van der Waals surface area contributed by atoms with Crippen LogP contribution in [-0.2, 0) is 6.54 Å². The van der Waals surface area contributed by atoms with Gasteiger partial charge in [-0.2, -0.15) is 0 Å². The lowest BCUT2D eigenvalue weighted by Crippen LogP contribution is -2.09. The zero-order valence-corrected chi connectivity index (χ0v) is 10.6. The number of aromatic nitrogens is 2. The van der Waals surface area contributed by atoms with Crippen LogP contribution >= 0.6 is 0 Å². The second kappa shape index (κ2) is 7.01. The first kappa shape index (κ1) is 13.6. The molecule has 0 aliphatic carbocycles. The summed E-state index contributed by atoms with van der Waals surface area (Å²) in [6.45, 7) is 8.80. The summed E-state index contributed by atoms with van der Waals surface area (Å²) in [6, 6.07) is 0. The Morgan fingerprint density at radius 1 is 1.53 bits per heavy atom. The predicted molar refractivity (Wildman–Crippen MR) is 68.9 cm³/mol. The molecule has 0 fully saturated rings. The van der Waals surface area contributed by atoms with E-state index in [2.05, 4.69) is 30.4 Å². The molecule has 17 heavy (non-hydrogen) atoms. The maximum absolute atomic E-state index is 5.66. The van der Waals surface area contributed by atoms with Crippen molar-refractivity contribution in [2.24, 2.45) is 5.73 Å². The molecule has 0 spiro atoms. The van der Waals surface area contributed by atoms with Crippen molar-refractivity contribution < 1.29 is 4.74 Å². The summed E-state index contributed by atoms with van der Waals surface area (Å²) in [6.07, 6.45) is 5.49. The van der Waals surface area contributed by atoms with E-state index in [4.69, 9.17) is 10.5 Å². The van der Waals surface area contributed by atoms with Gasteiger partial charge in [-0.3, -0.25) is 0 Å². The van der Waals surface area contributed by atoms with Gasteiger partial charge in [0.2, 0.25) is 0 Å². The first-order valence-electron chi connectivity index (χ1n) is 5.98. The number of hydrogen-bond donors (Lipinski definition) is 1. The van der Waals surface area contributed by atoms with Crippen LogP contribution in [0.3, 0.4) is 0 Å². The Bertz CT molecular complexity index is 364. The molecule has 0 bridgehead atoms. The van der Waals surface area contributed by atoms with Crippen LogP contribution in [0.2, 0.25) is 0 Å². The molecule has 4 nitrogen and oxygen atoms in total. The molecule has 94 valence electrons. The van der Waals surface area contributed by atoms with Crippen molar-refractivity contribution in [1.29, 1.82) is 0 Å². The van der Waals surface area contributed by atoms with Gasteiger partial charge in [0.25, 0.3) is 0 Å². The summed E-state index contributed by atoms with van der Waals surface area (Å²) in [5, 5.41) is 0. The Labute approximate surface area is 103 Å². The number of rotatable bonds is 7. The van der Waals surface area contributed by atoms with Crippen LogP contribution in [0.25, 0.3) is 0 Å². The molecule has 4 heteroatoms. The van der Waals surface area contributed by atoms with Gasteiger partial charge >= 0.3 is 0 Å². The van der Waals surface area contributed by atoms with Crippen molar-refractivity contribution in [2.45, 2.75) is 39.2 Å². The summed E-state index contributed by atoms with van der Waals surface area (Å²) in [7, 11) is 0. The normalized spacial score (nSPS) is 10.6. The Hall–Kier alpha value is -1.42. The number of allylic oxidation sites excluding steroid dienone is 1. The van der Waals surface area contributed by atoms with Crippen molar-refractivity contribution in [3.63, 3.8) is 0 Å². The largest absolute Gasteiger partial charge is 0.490 e. The molecule has 0 aliphatic heterocycles. The molecule has 1 heterocycles. The van der Waals surface area contributed by atoms with Gasteiger partial charge in [-0.05, 0) is 12.8 Å². The van der Waals surface area contributed by atoms with Gasteiger partial charge in [0.1, 0.15) is 5.82 Å². The van der Waals surface area contributed by atoms with Crippen LogP contribution in [0.1, 0.15) is 44.1 Å². The van der Waals surface area contributed by atoms with E-state index in [-0.39, 0.29) is 0 Å². The maximum Gasteiger partial charge on any atom is 0.160 e. The van der Waals surface area contributed by atoms with E-state index >= 15 is 0 Å². The minimum Gasteiger partial charge on any atom is -0.490 e. The standard InChI is InChI=1S/C13H21N3O/c1-4-5-6-7-17-12-9-15-13(10(2)3)16-11(12)8-14/h4,9-10H,1,5-8,14H2,2-3H3. The summed E-state index contributed by atoms with van der Waals surface area (Å²) in [4.78, 5) is 8.68. The third-order valence-corrected chi connectivity index (χ3v) is 2.37. The van der Waals surface area contributed by atoms with E-state index in [1.165, 1.54) is 0 Å². The zero-order valence-electron chi connectivity index (χ0n) is 10.6. The average molecular weight is 235 g/mol. The lowest BCUT2D eigenvalue weighted by molar-refractivity contribution is 0.305. The third kappa shape index (κ3) is 4.15. The lowest BCUT2D eigenvalue weighted by Gasteiger charge is -2.11. The molecule has 0 amide bonds. The van der Waals surface area contributed by atoms with Gasteiger partial charge in [0, 0.05) is 12.5 Å². The maximum atomic E-state index is 5.66. The molecule has 0 aromatic carbocycles. The van der Waals surface area contributed by atoms with Crippen LogP contribution < -0.4 is 10.5 Å². The van der Waals surface area contributed by atoms with Crippen molar-refractivity contribution in [2.75, 3.05) is 6.61 Å². The topological polar surface area (TPSA) is 61.0 Å². The van der Waals surface area contributed by atoms with Gasteiger partial charge < -0.3 is 10.5 Å². The van der Waals surface area contributed by atoms with Crippen LogP contribution in [0.4, 0.5) is 0 Å². The quantitative estimate of drug-likeness (QED) is 0.582. The summed E-state index contributed by atoms with van der Waals surface area (Å²) in [5.74, 6) is 1.81. The van der Waals surface area contributed by atoms with Gasteiger partial charge in [-0.1, -0.05) is 19.9 Å². The van der Waals surface area contributed by atoms with Crippen LogP contribution in [-0.4, -0.2) is 16.6 Å². The number of unbranched alkanes of at least 4 members (excludes halogenated alkanes) is 1. The Morgan fingerprint density at radius 3 is 2.88 bits per heavy atom. The minimum atomic E-state index is 0.301. The average Bonchev–Trinajstić information content (AvgIpc) is 2.34. The smallest absolute Gasteiger partial charge is 0.160 e. The molecule has 1 rings (SSSR count). The van der Waals surface area contributed by atoms with Crippen molar-refractivity contribution in [1.82, 2.24) is 9.97 Å². The molecular weight excluding hydrogens is 214 g/mol. The summed E-state index contributed by atoms with van der Waals surface area (Å²) in [5.41, 5.74) is 6.44. The van der Waals surface area contributed by atoms with Crippen molar-refractivity contribution in [3.8, 4) is 5.75 Å². The first-order chi connectivity index (χ1) is 8.19. The molecular formula is C13H21N3O. The number of nitrogens with two attached hydrogens (primary N) is 1. The highest BCUT2D eigenvalue weighted by molar-refractivity contribution is 5.25. The lowest BCUT2D eigenvalue weighted by atomic mass is 10.2. The summed E-state index contributed by atoms with van der Waals surface area (Å²) >= 11 is 0. The van der Waals surface area contributed by atoms with Crippen LogP contribution in [0.15, 0.2) is 18.9 Å². The van der Waals surface area contributed by atoms with Crippen LogP contribution in [0.5, 0.6) is 5.75 Å². The molecule has 0 atom stereocenters. The van der Waals surface area contributed by atoms with E-state index in [9.17, 15) is 0 Å². The monoisotopic (exact) mass is 235 g/mol. The van der Waals surface area contributed by atoms with Gasteiger partial charge in [0.15, 0.2) is 5.75 Å². The Balaban J connectivity index is 2.68. The third-order valence-electron chi connectivity index (χ3n) is 2.37. The number of hydrogen-bond acceptors (Lipinski definition) is 4. The zero-order chi connectivity index (χ0) is 12.7. The first-order valence-corrected chi connectivity index (χ1v) is 5.98.